The summed E-state index contributed by atoms with van der Waals surface area (Å²) in [4.78, 5) is 11.4. The molecule has 4 aliphatic carbocycles. The standard InChI is InChI=1S/C15H24O2/c1-14(2,3)15-6-9-4-10(7-15)12(13(16)17)11(5-9)8-15/h9-12H,4-8H2,1-3H3,(H,16,17). The molecule has 0 radical (unpaired) electrons. The van der Waals surface area contributed by atoms with Crippen LogP contribution in [-0.4, -0.2) is 11.1 Å². The van der Waals surface area contributed by atoms with Gasteiger partial charge in [-0.3, -0.25) is 4.79 Å². The van der Waals surface area contributed by atoms with Crippen LogP contribution in [0, 0.1) is 34.5 Å². The van der Waals surface area contributed by atoms with Crippen LogP contribution in [0.2, 0.25) is 0 Å². The molecule has 2 heteroatoms. The van der Waals surface area contributed by atoms with Crippen molar-refractivity contribution in [2.24, 2.45) is 34.5 Å². The van der Waals surface area contributed by atoms with E-state index in [2.05, 4.69) is 20.8 Å². The first-order valence-corrected chi connectivity index (χ1v) is 7.05. The van der Waals surface area contributed by atoms with Gasteiger partial charge < -0.3 is 5.11 Å². The molecule has 4 saturated carbocycles. The summed E-state index contributed by atoms with van der Waals surface area (Å²) in [6.07, 6.45) is 6.06. The number of aliphatic carboxylic acids is 1. The lowest BCUT2D eigenvalue weighted by Crippen LogP contribution is -2.57. The third kappa shape index (κ3) is 1.49. The summed E-state index contributed by atoms with van der Waals surface area (Å²) in [6, 6.07) is 0. The van der Waals surface area contributed by atoms with E-state index in [0.717, 1.165) is 5.92 Å². The summed E-state index contributed by atoms with van der Waals surface area (Å²) in [5, 5.41) is 9.43. The first-order chi connectivity index (χ1) is 7.82. The maximum absolute atomic E-state index is 11.4. The van der Waals surface area contributed by atoms with Crippen molar-refractivity contribution >= 4 is 5.97 Å². The molecule has 17 heavy (non-hydrogen) atoms. The molecule has 0 aromatic heterocycles. The minimum atomic E-state index is -0.525. The van der Waals surface area contributed by atoms with Crippen molar-refractivity contribution in [2.45, 2.75) is 52.9 Å². The third-order valence-electron chi connectivity index (χ3n) is 6.15. The van der Waals surface area contributed by atoms with E-state index in [0.29, 0.717) is 22.7 Å². The molecule has 4 bridgehead atoms. The zero-order chi connectivity index (χ0) is 12.4. The van der Waals surface area contributed by atoms with Crippen LogP contribution >= 0.6 is 0 Å². The van der Waals surface area contributed by atoms with Gasteiger partial charge in [-0.05, 0) is 60.7 Å². The summed E-state index contributed by atoms with van der Waals surface area (Å²) in [5.41, 5.74) is 0.779. The van der Waals surface area contributed by atoms with Gasteiger partial charge in [0.25, 0.3) is 0 Å². The molecule has 4 rings (SSSR count). The normalized spacial score (nSPS) is 48.4. The summed E-state index contributed by atoms with van der Waals surface area (Å²) in [7, 11) is 0. The predicted octanol–water partition coefficient (Wildman–Crippen LogP) is 3.56. The first kappa shape index (κ1) is 11.6. The molecule has 0 aromatic rings. The molecule has 2 atom stereocenters. The van der Waals surface area contributed by atoms with Crippen LogP contribution < -0.4 is 0 Å². The Hall–Kier alpha value is -0.530. The number of carboxylic acid groups (broad SMARTS) is 1. The number of hydrogen-bond acceptors (Lipinski definition) is 1. The van der Waals surface area contributed by atoms with Crippen molar-refractivity contribution in [2.75, 3.05) is 0 Å². The van der Waals surface area contributed by atoms with E-state index in [1.807, 2.05) is 0 Å². The van der Waals surface area contributed by atoms with Crippen LogP contribution in [-0.2, 0) is 4.79 Å². The van der Waals surface area contributed by atoms with E-state index in [1.165, 1.54) is 32.1 Å². The quantitative estimate of drug-likeness (QED) is 0.756. The van der Waals surface area contributed by atoms with Gasteiger partial charge >= 0.3 is 5.97 Å². The molecule has 2 nitrogen and oxygen atoms in total. The van der Waals surface area contributed by atoms with Crippen LogP contribution in [0.15, 0.2) is 0 Å². The van der Waals surface area contributed by atoms with Gasteiger partial charge in [0.2, 0.25) is 0 Å². The highest BCUT2D eigenvalue weighted by molar-refractivity contribution is 5.71. The molecule has 0 heterocycles. The lowest BCUT2D eigenvalue weighted by Gasteiger charge is -2.63. The van der Waals surface area contributed by atoms with Gasteiger partial charge in [0.15, 0.2) is 0 Å². The van der Waals surface area contributed by atoms with E-state index in [1.54, 1.807) is 0 Å². The van der Waals surface area contributed by atoms with E-state index in [-0.39, 0.29) is 5.92 Å². The largest absolute Gasteiger partial charge is 0.481 e. The Labute approximate surface area is 104 Å². The molecular weight excluding hydrogens is 212 g/mol. The van der Waals surface area contributed by atoms with Gasteiger partial charge in [-0.25, -0.2) is 0 Å². The zero-order valence-corrected chi connectivity index (χ0v) is 11.2. The molecule has 96 valence electrons. The van der Waals surface area contributed by atoms with Crippen molar-refractivity contribution in [1.29, 1.82) is 0 Å². The number of carbonyl (C=O) groups is 1. The van der Waals surface area contributed by atoms with Gasteiger partial charge in [-0.1, -0.05) is 20.8 Å². The number of rotatable bonds is 1. The summed E-state index contributed by atoms with van der Waals surface area (Å²) < 4.78 is 0. The van der Waals surface area contributed by atoms with E-state index < -0.39 is 5.97 Å². The van der Waals surface area contributed by atoms with E-state index in [4.69, 9.17) is 0 Å². The Morgan fingerprint density at radius 1 is 1.12 bits per heavy atom. The molecule has 4 fully saturated rings. The lowest BCUT2D eigenvalue weighted by atomic mass is 9.41. The van der Waals surface area contributed by atoms with Crippen molar-refractivity contribution in [3.63, 3.8) is 0 Å². The Balaban J connectivity index is 1.95. The zero-order valence-electron chi connectivity index (χ0n) is 11.2. The van der Waals surface area contributed by atoms with Crippen molar-refractivity contribution in [3.8, 4) is 0 Å². The summed E-state index contributed by atoms with van der Waals surface area (Å²) >= 11 is 0. The monoisotopic (exact) mass is 236 g/mol. The number of carboxylic acids is 1. The van der Waals surface area contributed by atoms with Gasteiger partial charge in [0, 0.05) is 0 Å². The Morgan fingerprint density at radius 2 is 1.65 bits per heavy atom. The van der Waals surface area contributed by atoms with Crippen LogP contribution in [0.5, 0.6) is 0 Å². The highest BCUT2D eigenvalue weighted by Gasteiger charge is 2.60. The Bertz CT molecular complexity index is 336. The highest BCUT2D eigenvalue weighted by atomic mass is 16.4. The maximum Gasteiger partial charge on any atom is 0.307 e. The average molecular weight is 236 g/mol. The second kappa shape index (κ2) is 3.27. The van der Waals surface area contributed by atoms with Gasteiger partial charge in [-0.15, -0.1) is 0 Å². The average Bonchev–Trinajstić information content (AvgIpc) is 2.12. The fourth-order valence-electron chi connectivity index (χ4n) is 5.35. The smallest absolute Gasteiger partial charge is 0.307 e. The molecule has 0 aromatic carbocycles. The van der Waals surface area contributed by atoms with E-state index in [9.17, 15) is 9.90 Å². The van der Waals surface area contributed by atoms with Crippen molar-refractivity contribution in [1.82, 2.24) is 0 Å². The molecule has 4 aliphatic rings. The van der Waals surface area contributed by atoms with Crippen molar-refractivity contribution in [3.05, 3.63) is 0 Å². The predicted molar refractivity (Wildman–Crippen MR) is 66.6 cm³/mol. The topological polar surface area (TPSA) is 37.3 Å². The molecule has 0 amide bonds. The maximum atomic E-state index is 11.4. The minimum absolute atomic E-state index is 0.0259. The Morgan fingerprint density at radius 3 is 2.06 bits per heavy atom. The Kier molecular flexibility index (Phi) is 2.22. The second-order valence-electron chi connectivity index (χ2n) is 7.86. The summed E-state index contributed by atoms with van der Waals surface area (Å²) in [5.74, 6) is 1.21. The molecule has 2 unspecified atom stereocenters. The third-order valence-corrected chi connectivity index (χ3v) is 6.15. The van der Waals surface area contributed by atoms with Crippen LogP contribution in [0.4, 0.5) is 0 Å². The van der Waals surface area contributed by atoms with Gasteiger partial charge in [0.1, 0.15) is 0 Å². The van der Waals surface area contributed by atoms with Gasteiger partial charge in [0.05, 0.1) is 5.92 Å². The minimum Gasteiger partial charge on any atom is -0.481 e. The van der Waals surface area contributed by atoms with Crippen LogP contribution in [0.3, 0.4) is 0 Å². The SMILES string of the molecule is CC(C)(C)C12CC3CC(C1)C(C(=O)O)C(C3)C2. The van der Waals surface area contributed by atoms with Crippen molar-refractivity contribution < 1.29 is 9.90 Å². The fourth-order valence-corrected chi connectivity index (χ4v) is 5.35. The van der Waals surface area contributed by atoms with Crippen LogP contribution in [0.25, 0.3) is 0 Å². The van der Waals surface area contributed by atoms with Gasteiger partial charge in [-0.2, -0.15) is 0 Å². The second-order valence-corrected chi connectivity index (χ2v) is 7.86. The molecule has 0 aliphatic heterocycles. The van der Waals surface area contributed by atoms with E-state index >= 15 is 0 Å². The summed E-state index contributed by atoms with van der Waals surface area (Å²) in [6.45, 7) is 7.07. The fraction of sp³-hybridized carbons (Fsp3) is 0.933. The molecule has 1 N–H and O–H groups in total. The van der Waals surface area contributed by atoms with Crippen LogP contribution in [0.1, 0.15) is 52.9 Å². The molecule has 0 spiro atoms. The first-order valence-electron chi connectivity index (χ1n) is 7.05. The molecular formula is C15H24O2. The lowest BCUT2D eigenvalue weighted by molar-refractivity contribution is -0.175. The molecule has 0 saturated heterocycles. The number of hydrogen-bond donors (Lipinski definition) is 1. The highest BCUT2D eigenvalue weighted by Crippen LogP contribution is 2.67.